The van der Waals surface area contributed by atoms with Crippen LogP contribution in [0.25, 0.3) is 5.69 Å². The maximum Gasteiger partial charge on any atom is 0.424 e. The summed E-state index contributed by atoms with van der Waals surface area (Å²) in [6.07, 6.45) is 3.84. The van der Waals surface area contributed by atoms with E-state index < -0.39 is 19.2 Å². The van der Waals surface area contributed by atoms with Gasteiger partial charge in [-0.05, 0) is 6.07 Å². The van der Waals surface area contributed by atoms with E-state index in [1.807, 2.05) is 0 Å². The van der Waals surface area contributed by atoms with E-state index in [1.165, 1.54) is 29.4 Å². The number of nitrogen functional groups attached to an aromatic ring is 1. The molecule has 0 fully saturated rings. The number of nitro groups is 1. The lowest BCUT2D eigenvalue weighted by Crippen LogP contribution is -2.09. The second-order valence-corrected chi connectivity index (χ2v) is 5.88. The van der Waals surface area contributed by atoms with Crippen molar-refractivity contribution in [2.75, 3.05) is 17.3 Å². The molecule has 0 bridgehead atoms. The molecule has 0 saturated carbocycles. The molecule has 0 atom stereocenters. The fourth-order valence-electron chi connectivity index (χ4n) is 1.69. The molecule has 2 aromatic rings. The maximum absolute atomic E-state index is 11.1. The third kappa shape index (κ3) is 3.64. The Bertz CT molecular complexity index is 655. The number of imidazole rings is 1. The quantitative estimate of drug-likeness (QED) is 0.230. The minimum atomic E-state index is -4.03. The molecule has 0 spiro atoms. The molecule has 11 heteroatoms. The van der Waals surface area contributed by atoms with E-state index in [0.717, 1.165) is 6.07 Å². The highest BCUT2D eigenvalue weighted by atomic mass is 31.2. The third-order valence-electron chi connectivity index (χ3n) is 2.61. The van der Waals surface area contributed by atoms with Gasteiger partial charge in [0, 0.05) is 18.5 Å². The smallest absolute Gasteiger partial charge is 0.397 e. The minimum absolute atomic E-state index is 0.0408. The van der Waals surface area contributed by atoms with Crippen molar-refractivity contribution in [3.05, 3.63) is 41.0 Å². The monoisotopic (exact) mass is 314 g/mol. The Morgan fingerprint density at radius 1 is 1.43 bits per heavy atom. The molecular weight excluding hydrogens is 301 g/mol. The van der Waals surface area contributed by atoms with Crippen molar-refractivity contribution >= 4 is 25.0 Å². The summed E-state index contributed by atoms with van der Waals surface area (Å²) in [5.41, 5.74) is 5.93. The van der Waals surface area contributed by atoms with Crippen LogP contribution >= 0.6 is 7.94 Å². The van der Waals surface area contributed by atoms with Crippen molar-refractivity contribution in [3.8, 4) is 5.69 Å². The summed E-state index contributed by atoms with van der Waals surface area (Å²) in [6, 6.07) is 2.51. The van der Waals surface area contributed by atoms with Gasteiger partial charge in [-0.2, -0.15) is 14.7 Å². The average Bonchev–Trinajstić information content (AvgIpc) is 2.89. The number of hydrogen-bond acceptors (Lipinski definition) is 8. The molecule has 1 aromatic carbocycles. The van der Waals surface area contributed by atoms with Crippen LogP contribution in [-0.4, -0.2) is 35.4 Å². The highest BCUT2D eigenvalue weighted by Gasteiger charge is 2.30. The fraction of sp³-hybridized carbons (Fsp3) is 0.100. The normalized spacial score (nSPS) is 11.4. The van der Waals surface area contributed by atoms with Gasteiger partial charge in [0.05, 0.1) is 22.6 Å². The summed E-state index contributed by atoms with van der Waals surface area (Å²) in [5.74, 6) is 0. The van der Waals surface area contributed by atoms with Crippen LogP contribution in [0.4, 0.5) is 17.1 Å². The van der Waals surface area contributed by atoms with E-state index in [9.17, 15) is 10.1 Å². The molecule has 0 amide bonds. The summed E-state index contributed by atoms with van der Waals surface area (Å²) in [4.78, 5) is 41.2. The minimum Gasteiger partial charge on any atom is -0.397 e. The van der Waals surface area contributed by atoms with Crippen LogP contribution in [-0.2, 0) is 0 Å². The van der Waals surface area contributed by atoms with Crippen LogP contribution in [0.3, 0.4) is 0 Å². The van der Waals surface area contributed by atoms with E-state index in [2.05, 4.69) is 10.3 Å². The first-order valence-corrected chi connectivity index (χ1v) is 7.47. The average molecular weight is 314 g/mol. The van der Waals surface area contributed by atoms with Crippen LogP contribution in [0.2, 0.25) is 0 Å². The van der Waals surface area contributed by atoms with Gasteiger partial charge in [0.25, 0.3) is 5.69 Å². The van der Waals surface area contributed by atoms with Gasteiger partial charge in [0.2, 0.25) is 6.29 Å². The zero-order valence-electron chi connectivity index (χ0n) is 10.6. The van der Waals surface area contributed by atoms with Crippen LogP contribution < -0.4 is 11.1 Å². The second-order valence-electron chi connectivity index (χ2n) is 4.18. The number of nitrogens with two attached hydrogens (primary N) is 1. The Morgan fingerprint density at radius 2 is 2.14 bits per heavy atom. The molecule has 0 unspecified atom stereocenters. The van der Waals surface area contributed by atoms with Crippen LogP contribution in [0.5, 0.6) is 0 Å². The maximum atomic E-state index is 11.1. The number of hydrogen-bond donors (Lipinski definition) is 5. The van der Waals surface area contributed by atoms with Crippen LogP contribution in [0.15, 0.2) is 30.9 Å². The number of aromatic nitrogens is 2. The van der Waals surface area contributed by atoms with E-state index in [-0.39, 0.29) is 22.7 Å². The number of benzene rings is 1. The lowest BCUT2D eigenvalue weighted by Gasteiger charge is -2.12. The summed E-state index contributed by atoms with van der Waals surface area (Å²) < 4.78 is 1.42. The Labute approximate surface area is 119 Å². The van der Waals surface area contributed by atoms with E-state index >= 15 is 0 Å². The number of nitro benzene ring substituents is 1. The first-order valence-electron chi connectivity index (χ1n) is 5.64. The predicted octanol–water partition coefficient (Wildman–Crippen LogP) is 0.472. The van der Waals surface area contributed by atoms with Gasteiger partial charge < -0.3 is 15.6 Å². The first kappa shape index (κ1) is 15.1. The summed E-state index contributed by atoms with van der Waals surface area (Å²) >= 11 is 0. The van der Waals surface area contributed by atoms with Crippen LogP contribution in [0.1, 0.15) is 0 Å². The van der Waals surface area contributed by atoms with Crippen LogP contribution in [0, 0.1) is 10.1 Å². The molecule has 0 aliphatic carbocycles. The molecule has 21 heavy (non-hydrogen) atoms. The fourth-order valence-corrected chi connectivity index (χ4v) is 2.07. The Kier molecular flexibility index (Phi) is 4.05. The lowest BCUT2D eigenvalue weighted by atomic mass is 10.2. The molecule has 1 heterocycles. The molecule has 0 saturated heterocycles. The molecule has 0 radical (unpaired) electrons. The topological polar surface area (TPSA) is 160 Å². The van der Waals surface area contributed by atoms with Gasteiger partial charge in [-0.25, -0.2) is 4.98 Å². The molecule has 0 aliphatic rings. The highest BCUT2D eigenvalue weighted by molar-refractivity contribution is 7.58. The van der Waals surface area contributed by atoms with Gasteiger partial charge in [-0.1, -0.05) is 0 Å². The standard InChI is InChI=1S/C10H13N5O5P/c11-7-3-10(15(16)17)9(14-2-1-12-5-14)4-8(7)13-6-21(18,19)20/h1-5,13,18-20H,6,11H2/q+1. The van der Waals surface area contributed by atoms with E-state index in [1.54, 1.807) is 0 Å². The second kappa shape index (κ2) is 5.62. The number of anilines is 2. The van der Waals surface area contributed by atoms with Crippen molar-refractivity contribution in [3.63, 3.8) is 0 Å². The molecular formula is C10H13N5O5P+. The molecule has 6 N–H and O–H groups in total. The highest BCUT2D eigenvalue weighted by Crippen LogP contribution is 2.44. The molecule has 10 nitrogen and oxygen atoms in total. The summed E-state index contributed by atoms with van der Waals surface area (Å²) in [5, 5.41) is 13.6. The van der Waals surface area contributed by atoms with E-state index in [0.29, 0.717) is 0 Å². The van der Waals surface area contributed by atoms with E-state index in [4.69, 9.17) is 20.4 Å². The Balaban J connectivity index is 2.44. The van der Waals surface area contributed by atoms with Crippen molar-refractivity contribution < 1.29 is 19.6 Å². The molecule has 112 valence electrons. The van der Waals surface area contributed by atoms with Gasteiger partial charge in [0.1, 0.15) is 5.69 Å². The van der Waals surface area contributed by atoms with Crippen molar-refractivity contribution in [1.82, 2.24) is 9.55 Å². The number of rotatable bonds is 5. The number of nitrogens with zero attached hydrogens (tertiary/aromatic N) is 3. The zero-order valence-corrected chi connectivity index (χ0v) is 11.5. The summed E-state index contributed by atoms with van der Waals surface area (Å²) in [7, 11) is -4.03. The van der Waals surface area contributed by atoms with Crippen molar-refractivity contribution in [2.45, 2.75) is 0 Å². The largest absolute Gasteiger partial charge is 0.424 e. The molecule has 1 aromatic heterocycles. The van der Waals surface area contributed by atoms with Gasteiger partial charge in [-0.3, -0.25) is 10.1 Å². The number of nitrogens with one attached hydrogen (secondary N) is 1. The zero-order chi connectivity index (χ0) is 15.6. The summed E-state index contributed by atoms with van der Waals surface area (Å²) in [6.45, 7) is 0. The first-order chi connectivity index (χ1) is 9.78. The lowest BCUT2D eigenvalue weighted by molar-refractivity contribution is -0.384. The Morgan fingerprint density at radius 3 is 2.67 bits per heavy atom. The van der Waals surface area contributed by atoms with Gasteiger partial charge in [0.15, 0.2) is 0 Å². The van der Waals surface area contributed by atoms with Gasteiger partial charge in [-0.15, -0.1) is 0 Å². The SMILES string of the molecule is Nc1cc([N+](=O)[O-])c(-n2ccnc2)cc1NC[P+](O)(O)O. The molecule has 0 aliphatic heterocycles. The Hall–Kier alpha value is -2.26. The van der Waals surface area contributed by atoms with Gasteiger partial charge >= 0.3 is 7.94 Å². The van der Waals surface area contributed by atoms with Crippen molar-refractivity contribution in [2.24, 2.45) is 0 Å². The third-order valence-corrected chi connectivity index (χ3v) is 3.19. The van der Waals surface area contributed by atoms with Crippen molar-refractivity contribution in [1.29, 1.82) is 0 Å². The molecule has 2 rings (SSSR count). The predicted molar refractivity (Wildman–Crippen MR) is 76.7 cm³/mol.